The van der Waals surface area contributed by atoms with Gasteiger partial charge in [0.25, 0.3) is 0 Å². The molecule has 1 heterocycles. The molecule has 134 valence electrons. The standard InChI is InChI=1S/C20H28N4O/c1-5-21-20(23-12-17-8-6-7-16(4)11-17)24-14-18-9-10-19(22-13-18)25-15(2)3/h6-11,13,15H,5,12,14H2,1-4H3,(H2,21,23,24). The van der Waals surface area contributed by atoms with Gasteiger partial charge in [-0.1, -0.05) is 35.9 Å². The summed E-state index contributed by atoms with van der Waals surface area (Å²) in [4.78, 5) is 8.94. The van der Waals surface area contributed by atoms with Crippen LogP contribution in [0.25, 0.3) is 0 Å². The van der Waals surface area contributed by atoms with Crippen LogP contribution in [0.3, 0.4) is 0 Å². The predicted octanol–water partition coefficient (Wildman–Crippen LogP) is 3.43. The first-order valence-corrected chi connectivity index (χ1v) is 8.76. The average Bonchev–Trinajstić information content (AvgIpc) is 2.58. The summed E-state index contributed by atoms with van der Waals surface area (Å²) >= 11 is 0. The van der Waals surface area contributed by atoms with Crippen LogP contribution in [-0.4, -0.2) is 23.6 Å². The number of benzene rings is 1. The molecule has 0 radical (unpaired) electrons. The molecule has 5 nitrogen and oxygen atoms in total. The van der Waals surface area contributed by atoms with Gasteiger partial charge in [-0.05, 0) is 38.8 Å². The summed E-state index contributed by atoms with van der Waals surface area (Å²) in [5.41, 5.74) is 3.54. The summed E-state index contributed by atoms with van der Waals surface area (Å²) in [5, 5.41) is 6.63. The molecule has 0 aliphatic rings. The van der Waals surface area contributed by atoms with Gasteiger partial charge in [-0.2, -0.15) is 0 Å². The highest BCUT2D eigenvalue weighted by molar-refractivity contribution is 5.79. The Bertz CT molecular complexity index is 680. The Balaban J connectivity index is 1.94. The highest BCUT2D eigenvalue weighted by Crippen LogP contribution is 2.10. The second-order valence-corrected chi connectivity index (χ2v) is 6.21. The van der Waals surface area contributed by atoms with E-state index in [0.29, 0.717) is 12.4 Å². The van der Waals surface area contributed by atoms with E-state index in [1.54, 1.807) is 0 Å². The number of aryl methyl sites for hydroxylation is 1. The maximum Gasteiger partial charge on any atom is 0.213 e. The van der Waals surface area contributed by atoms with Crippen molar-refractivity contribution in [3.05, 3.63) is 59.3 Å². The highest BCUT2D eigenvalue weighted by Gasteiger charge is 2.01. The lowest BCUT2D eigenvalue weighted by Crippen LogP contribution is -2.36. The van der Waals surface area contributed by atoms with Crippen molar-refractivity contribution in [2.75, 3.05) is 6.54 Å². The van der Waals surface area contributed by atoms with E-state index in [4.69, 9.17) is 4.74 Å². The van der Waals surface area contributed by atoms with Crippen molar-refractivity contribution in [1.29, 1.82) is 0 Å². The van der Waals surface area contributed by atoms with Crippen LogP contribution in [0.5, 0.6) is 5.88 Å². The topological polar surface area (TPSA) is 58.5 Å². The Kier molecular flexibility index (Phi) is 7.26. The fourth-order valence-corrected chi connectivity index (χ4v) is 2.34. The van der Waals surface area contributed by atoms with Crippen LogP contribution in [0.2, 0.25) is 0 Å². The third-order valence-corrected chi connectivity index (χ3v) is 3.46. The molecule has 2 rings (SSSR count). The summed E-state index contributed by atoms with van der Waals surface area (Å²) in [6.45, 7) is 10.3. The lowest BCUT2D eigenvalue weighted by Gasteiger charge is -2.12. The summed E-state index contributed by atoms with van der Waals surface area (Å²) < 4.78 is 5.56. The summed E-state index contributed by atoms with van der Waals surface area (Å²) in [5.74, 6) is 1.44. The molecule has 0 atom stereocenters. The molecule has 0 saturated heterocycles. The van der Waals surface area contributed by atoms with Gasteiger partial charge in [0, 0.05) is 25.4 Å². The van der Waals surface area contributed by atoms with E-state index >= 15 is 0 Å². The number of nitrogens with one attached hydrogen (secondary N) is 2. The number of aromatic nitrogens is 1. The third-order valence-electron chi connectivity index (χ3n) is 3.46. The van der Waals surface area contributed by atoms with Crippen molar-refractivity contribution >= 4 is 5.96 Å². The van der Waals surface area contributed by atoms with E-state index in [2.05, 4.69) is 58.7 Å². The van der Waals surface area contributed by atoms with Crippen molar-refractivity contribution in [2.45, 2.75) is 46.9 Å². The minimum absolute atomic E-state index is 0.127. The monoisotopic (exact) mass is 340 g/mol. The minimum Gasteiger partial charge on any atom is -0.475 e. The van der Waals surface area contributed by atoms with Gasteiger partial charge in [0.15, 0.2) is 5.96 Å². The molecule has 1 aromatic carbocycles. The van der Waals surface area contributed by atoms with E-state index in [1.165, 1.54) is 11.1 Å². The highest BCUT2D eigenvalue weighted by atomic mass is 16.5. The first kappa shape index (κ1) is 18.8. The Labute approximate surface area is 150 Å². The minimum atomic E-state index is 0.127. The molecule has 0 amide bonds. The Hall–Kier alpha value is -2.56. The molecule has 5 heteroatoms. The summed E-state index contributed by atoms with van der Waals surface area (Å²) in [7, 11) is 0. The first-order chi connectivity index (χ1) is 12.1. The second kappa shape index (κ2) is 9.67. The van der Waals surface area contributed by atoms with Crippen LogP contribution in [0.4, 0.5) is 0 Å². The molecule has 0 aliphatic carbocycles. The Morgan fingerprint density at radius 1 is 1.16 bits per heavy atom. The molecule has 1 aromatic heterocycles. The zero-order valence-corrected chi connectivity index (χ0v) is 15.5. The predicted molar refractivity (Wildman–Crippen MR) is 103 cm³/mol. The van der Waals surface area contributed by atoms with Gasteiger partial charge in [0.05, 0.1) is 12.6 Å². The lowest BCUT2D eigenvalue weighted by molar-refractivity contribution is 0.232. The maximum atomic E-state index is 5.56. The molecule has 0 fully saturated rings. The van der Waals surface area contributed by atoms with Gasteiger partial charge in [-0.15, -0.1) is 0 Å². The van der Waals surface area contributed by atoms with Crippen molar-refractivity contribution in [2.24, 2.45) is 4.99 Å². The van der Waals surface area contributed by atoms with Crippen LogP contribution < -0.4 is 15.4 Å². The van der Waals surface area contributed by atoms with Gasteiger partial charge in [0.1, 0.15) is 0 Å². The van der Waals surface area contributed by atoms with Crippen LogP contribution in [-0.2, 0) is 13.1 Å². The first-order valence-electron chi connectivity index (χ1n) is 8.76. The number of nitrogens with zero attached hydrogens (tertiary/aromatic N) is 2. The van der Waals surface area contributed by atoms with Crippen molar-refractivity contribution < 1.29 is 4.74 Å². The summed E-state index contributed by atoms with van der Waals surface area (Å²) in [6.07, 6.45) is 1.94. The van der Waals surface area contributed by atoms with Crippen LogP contribution in [0.15, 0.2) is 47.6 Å². The smallest absolute Gasteiger partial charge is 0.213 e. The quantitative estimate of drug-likeness (QED) is 0.599. The third kappa shape index (κ3) is 6.83. The molecule has 0 spiro atoms. The SMILES string of the molecule is CCNC(=NCc1ccc(OC(C)C)nc1)NCc1cccc(C)c1. The number of pyridine rings is 1. The Morgan fingerprint density at radius 2 is 2.00 bits per heavy atom. The van der Waals surface area contributed by atoms with Gasteiger partial charge in [-0.3, -0.25) is 0 Å². The van der Waals surface area contributed by atoms with E-state index in [9.17, 15) is 0 Å². The molecule has 2 aromatic rings. The molecular formula is C20H28N4O. The molecule has 2 N–H and O–H groups in total. The van der Waals surface area contributed by atoms with E-state index in [1.807, 2.05) is 32.2 Å². The molecule has 0 saturated carbocycles. The van der Waals surface area contributed by atoms with Crippen LogP contribution in [0.1, 0.15) is 37.5 Å². The molecule has 0 bridgehead atoms. The normalized spacial score (nSPS) is 11.5. The zero-order chi connectivity index (χ0) is 18.1. The van der Waals surface area contributed by atoms with Gasteiger partial charge in [-0.25, -0.2) is 9.98 Å². The lowest BCUT2D eigenvalue weighted by atomic mass is 10.1. The number of aliphatic imine (C=N–C) groups is 1. The zero-order valence-electron chi connectivity index (χ0n) is 15.5. The van der Waals surface area contributed by atoms with E-state index < -0.39 is 0 Å². The van der Waals surface area contributed by atoms with Crippen LogP contribution in [0, 0.1) is 6.92 Å². The fraction of sp³-hybridized carbons (Fsp3) is 0.400. The second-order valence-electron chi connectivity index (χ2n) is 6.21. The maximum absolute atomic E-state index is 5.56. The number of ether oxygens (including phenoxy) is 1. The molecule has 25 heavy (non-hydrogen) atoms. The van der Waals surface area contributed by atoms with Gasteiger partial charge >= 0.3 is 0 Å². The van der Waals surface area contributed by atoms with Crippen molar-refractivity contribution in [3.63, 3.8) is 0 Å². The number of hydrogen-bond donors (Lipinski definition) is 2. The van der Waals surface area contributed by atoms with Crippen LogP contribution >= 0.6 is 0 Å². The average molecular weight is 340 g/mol. The van der Waals surface area contributed by atoms with Crippen molar-refractivity contribution in [3.8, 4) is 5.88 Å². The van der Waals surface area contributed by atoms with E-state index in [-0.39, 0.29) is 6.10 Å². The van der Waals surface area contributed by atoms with Crippen molar-refractivity contribution in [1.82, 2.24) is 15.6 Å². The van der Waals surface area contributed by atoms with E-state index in [0.717, 1.165) is 24.6 Å². The largest absolute Gasteiger partial charge is 0.475 e. The molecule has 0 aliphatic heterocycles. The number of rotatable bonds is 7. The Morgan fingerprint density at radius 3 is 2.64 bits per heavy atom. The van der Waals surface area contributed by atoms with Gasteiger partial charge < -0.3 is 15.4 Å². The molecule has 0 unspecified atom stereocenters. The number of hydrogen-bond acceptors (Lipinski definition) is 3. The molecular weight excluding hydrogens is 312 g/mol. The number of guanidine groups is 1. The summed E-state index contributed by atoms with van der Waals surface area (Å²) in [6, 6.07) is 12.3. The fourth-order valence-electron chi connectivity index (χ4n) is 2.34. The van der Waals surface area contributed by atoms with Gasteiger partial charge in [0.2, 0.25) is 5.88 Å².